The molecular formula is C42H32B4Cl2I5O3. The summed E-state index contributed by atoms with van der Waals surface area (Å²) in [4.78, 5) is 0. The summed E-state index contributed by atoms with van der Waals surface area (Å²) in [5.74, 6) is 0. The van der Waals surface area contributed by atoms with E-state index in [1.807, 2.05) is 76.8 Å². The molecule has 6 aromatic carbocycles. The van der Waals surface area contributed by atoms with Crippen molar-refractivity contribution in [3.8, 4) is 22.3 Å². The van der Waals surface area contributed by atoms with Crippen LogP contribution < -0.4 is 0 Å². The molecule has 1 aliphatic rings. The SMILES string of the molecule is CC(C)(O)c1cc(Cl)ccc1-c1cccc2oc3ccccc3c12.CC1(C)c2cc(Cl)ccc2-c2c1ccc1oc3ccccc3c21.I[B]B(I)I.I[B][B]I. The van der Waals surface area contributed by atoms with Gasteiger partial charge in [0.05, 0.1) is 5.60 Å². The van der Waals surface area contributed by atoms with Gasteiger partial charge in [-0.2, -0.15) is 67.1 Å². The molecule has 0 unspecified atom stereocenters. The number of halogens is 7. The Labute approximate surface area is 407 Å². The first kappa shape index (κ1) is 44.9. The van der Waals surface area contributed by atoms with E-state index < -0.39 is 5.60 Å². The van der Waals surface area contributed by atoms with Crippen molar-refractivity contribution in [2.24, 2.45) is 0 Å². The number of rotatable bonds is 4. The Morgan fingerprint density at radius 1 is 0.607 bits per heavy atom. The van der Waals surface area contributed by atoms with E-state index in [1.54, 1.807) is 13.8 Å². The van der Waals surface area contributed by atoms with Gasteiger partial charge in [0.2, 0.25) is 0 Å². The minimum atomic E-state index is -0.998. The largest absolute Gasteiger partial charge is 0.456 e. The van der Waals surface area contributed by atoms with Crippen LogP contribution in [0.25, 0.3) is 66.1 Å². The molecule has 2 aromatic heterocycles. The Bertz CT molecular complexity index is 2660. The molecule has 0 amide bonds. The molecule has 0 spiro atoms. The van der Waals surface area contributed by atoms with Gasteiger partial charge >= 0.3 is 0 Å². The first-order chi connectivity index (χ1) is 26.7. The molecule has 0 atom stereocenters. The average Bonchev–Trinajstić information content (AvgIpc) is 3.82. The normalized spacial score (nSPS) is 12.4. The predicted octanol–water partition coefficient (Wildman–Crippen LogP) is 15.6. The van der Waals surface area contributed by atoms with Crippen molar-refractivity contribution < 1.29 is 13.9 Å². The standard InChI is InChI=1S/C21H17ClO2.C21H15ClO.B2I3.B2I2/c1-21(2,23)17-12-13(22)10-11-14(17)15-7-5-9-19-20(15)16-6-3-4-8-18(16)24-19;1-21(2)15-9-10-18-20(14-5-3-4-6-17(14)23-18)19(15)13-8-7-12(22)11-16(13)21;3-1-2(4)5;3-1-2-4/h3-12,23H,1-2H3;3-11H,1-2H3;;. The van der Waals surface area contributed by atoms with E-state index in [2.05, 4.69) is 179 Å². The molecule has 0 saturated heterocycles. The lowest BCUT2D eigenvalue weighted by atomic mass is 9.80. The molecule has 0 saturated carbocycles. The third kappa shape index (κ3) is 9.62. The van der Waals surface area contributed by atoms with Crippen LogP contribution in [0.5, 0.6) is 0 Å². The molecule has 3 nitrogen and oxygen atoms in total. The van der Waals surface area contributed by atoms with Gasteiger partial charge in [0, 0.05) is 37.0 Å². The van der Waals surface area contributed by atoms with Gasteiger partial charge in [-0.05, 0) is 101 Å². The van der Waals surface area contributed by atoms with Gasteiger partial charge in [-0.25, -0.2) is 0 Å². The highest BCUT2D eigenvalue weighted by Crippen LogP contribution is 2.53. The van der Waals surface area contributed by atoms with Crippen LogP contribution in [-0.4, -0.2) is 22.5 Å². The van der Waals surface area contributed by atoms with Crippen molar-refractivity contribution in [2.75, 3.05) is 0 Å². The van der Waals surface area contributed by atoms with Crippen molar-refractivity contribution in [1.82, 2.24) is 0 Å². The van der Waals surface area contributed by atoms with Gasteiger partial charge < -0.3 is 13.9 Å². The predicted molar refractivity (Wildman–Crippen MR) is 289 cm³/mol. The highest BCUT2D eigenvalue weighted by molar-refractivity contribution is 14.3. The fraction of sp³-hybridized carbons (Fsp3) is 0.143. The van der Waals surface area contributed by atoms with Crippen molar-refractivity contribution in [2.45, 2.75) is 38.7 Å². The number of benzene rings is 6. The van der Waals surface area contributed by atoms with E-state index in [-0.39, 0.29) is 5.41 Å². The van der Waals surface area contributed by atoms with Gasteiger partial charge in [0.1, 0.15) is 22.3 Å². The zero-order valence-electron chi connectivity index (χ0n) is 30.7. The summed E-state index contributed by atoms with van der Waals surface area (Å²) in [6, 6.07) is 38.4. The maximum absolute atomic E-state index is 10.6. The molecule has 1 N–H and O–H groups in total. The third-order valence-corrected chi connectivity index (χ3v) is 16.4. The number of hydrogen-bond donors (Lipinski definition) is 1. The second-order valence-corrected chi connectivity index (χ2v) is 22.1. The van der Waals surface area contributed by atoms with E-state index in [0.717, 1.165) is 54.8 Å². The average molecular weight is 1330 g/mol. The fourth-order valence-electron chi connectivity index (χ4n) is 7.27. The van der Waals surface area contributed by atoms with Crippen molar-refractivity contribution >= 4 is 196 Å². The third-order valence-electron chi connectivity index (χ3n) is 9.62. The Balaban J connectivity index is 0.000000157. The van der Waals surface area contributed by atoms with E-state index in [9.17, 15) is 5.11 Å². The van der Waals surface area contributed by atoms with Crippen molar-refractivity contribution in [3.63, 3.8) is 0 Å². The lowest BCUT2D eigenvalue weighted by Crippen LogP contribution is -2.16. The van der Waals surface area contributed by atoms with Crippen LogP contribution in [0.1, 0.15) is 44.4 Å². The smallest absolute Gasteiger partial charge is 0.262 e. The van der Waals surface area contributed by atoms with Crippen LogP contribution in [0.3, 0.4) is 0 Å². The quantitative estimate of drug-likeness (QED) is 0.141. The molecule has 3 radical (unpaired) electrons. The molecule has 0 aliphatic heterocycles. The van der Waals surface area contributed by atoms with Crippen LogP contribution in [-0.2, 0) is 11.0 Å². The van der Waals surface area contributed by atoms with Gasteiger partial charge in [-0.15, -0.1) is 44.7 Å². The minimum absolute atomic E-state index is 0.0534. The number of aliphatic hydroxyl groups is 1. The first-order valence-corrected chi connectivity index (χ1v) is 24.4. The maximum Gasteiger partial charge on any atom is 0.262 e. The van der Waals surface area contributed by atoms with Crippen LogP contribution in [0, 0.1) is 0 Å². The number of hydrogen-bond acceptors (Lipinski definition) is 3. The van der Waals surface area contributed by atoms with Crippen LogP contribution in [0.4, 0.5) is 0 Å². The molecule has 2 heterocycles. The van der Waals surface area contributed by atoms with Gasteiger partial charge in [0.15, 0.2) is 15.1 Å². The van der Waals surface area contributed by atoms with Crippen LogP contribution in [0.2, 0.25) is 10.0 Å². The molecule has 14 heteroatoms. The summed E-state index contributed by atoms with van der Waals surface area (Å²) in [7, 11) is 0. The Morgan fingerprint density at radius 3 is 1.70 bits per heavy atom. The van der Waals surface area contributed by atoms with Gasteiger partial charge in [-0.3, -0.25) is 0 Å². The Kier molecular flexibility index (Phi) is 15.5. The number of furan rings is 2. The van der Waals surface area contributed by atoms with E-state index >= 15 is 0 Å². The molecule has 0 fully saturated rings. The fourth-order valence-corrected chi connectivity index (χ4v) is 7.61. The zero-order chi connectivity index (χ0) is 40.4. The van der Waals surface area contributed by atoms with E-state index in [0.29, 0.717) is 7.34 Å². The molecule has 9 rings (SSSR count). The molecule has 0 bridgehead atoms. The molecule has 56 heavy (non-hydrogen) atoms. The summed E-state index contributed by atoms with van der Waals surface area (Å²) >= 11 is 23.7. The summed E-state index contributed by atoms with van der Waals surface area (Å²) in [5.41, 5.74) is 10.5. The second-order valence-electron chi connectivity index (χ2n) is 14.0. The summed E-state index contributed by atoms with van der Waals surface area (Å²) in [5, 5.41) is 22.6. The number of para-hydroxylation sites is 2. The van der Waals surface area contributed by atoms with E-state index in [1.165, 1.54) is 33.0 Å². The molecular weight excluding hydrogens is 1300 g/mol. The van der Waals surface area contributed by atoms with Crippen molar-refractivity contribution in [1.29, 1.82) is 0 Å². The molecule has 279 valence electrons. The zero-order valence-corrected chi connectivity index (χ0v) is 43.0. The van der Waals surface area contributed by atoms with E-state index in [4.69, 9.17) is 32.0 Å². The summed E-state index contributed by atoms with van der Waals surface area (Å²) in [6.45, 7) is 8.08. The molecule has 1 aliphatic carbocycles. The lowest BCUT2D eigenvalue weighted by molar-refractivity contribution is 0.0792. The maximum atomic E-state index is 10.6. The Morgan fingerprint density at radius 2 is 1.12 bits per heavy atom. The second kappa shape index (κ2) is 19.4. The molecule has 8 aromatic rings. The van der Waals surface area contributed by atoms with Crippen LogP contribution >= 0.6 is 135 Å². The minimum Gasteiger partial charge on any atom is -0.456 e. The monoisotopic (exact) mass is 1330 g/mol. The topological polar surface area (TPSA) is 46.5 Å². The van der Waals surface area contributed by atoms with Crippen LogP contribution in [0.15, 0.2) is 124 Å². The van der Waals surface area contributed by atoms with Gasteiger partial charge in [-0.1, -0.05) is 104 Å². The lowest BCUT2D eigenvalue weighted by Gasteiger charge is -2.22. The highest BCUT2D eigenvalue weighted by atomic mass is 127. The number of fused-ring (bicyclic) bond motifs is 10. The summed E-state index contributed by atoms with van der Waals surface area (Å²) in [6.07, 6.45) is 0. The first-order valence-electron chi connectivity index (χ1n) is 17.5. The summed E-state index contributed by atoms with van der Waals surface area (Å²) < 4.78 is 12.7. The highest BCUT2D eigenvalue weighted by Gasteiger charge is 2.37. The van der Waals surface area contributed by atoms with Gasteiger partial charge in [0.25, 0.3) is 2.32 Å². The van der Waals surface area contributed by atoms with Crippen molar-refractivity contribution in [3.05, 3.63) is 142 Å². The Hall–Kier alpha value is -0.630.